The maximum atomic E-state index is 12.7. The molecule has 3 rings (SSSR count). The molecule has 0 fully saturated rings. The van der Waals surface area contributed by atoms with Gasteiger partial charge in [-0.05, 0) is 24.3 Å². The van der Waals surface area contributed by atoms with E-state index in [1.807, 2.05) is 66.7 Å². The van der Waals surface area contributed by atoms with Gasteiger partial charge in [0.25, 0.3) is 6.23 Å². The normalized spacial score (nSPS) is 11.9. The average molecular weight is 382 g/mol. The summed E-state index contributed by atoms with van der Waals surface area (Å²) in [5.41, 5.74) is 2.75. The lowest BCUT2D eigenvalue weighted by Crippen LogP contribution is -3.00. The Labute approximate surface area is 167 Å². The second kappa shape index (κ2) is 9.36. The number of benzene rings is 3. The smallest absolute Gasteiger partial charge is 0.342 e. The second-order valence-corrected chi connectivity index (χ2v) is 6.96. The van der Waals surface area contributed by atoms with Gasteiger partial charge >= 0.3 is 5.97 Å². The van der Waals surface area contributed by atoms with E-state index in [-0.39, 0.29) is 18.4 Å². The van der Waals surface area contributed by atoms with Gasteiger partial charge < -0.3 is 17.1 Å². The fraction of sp³-hybridized carbons (Fsp3) is 0.174. The number of ether oxygens (including phenoxy) is 1. The van der Waals surface area contributed by atoms with Crippen molar-refractivity contribution in [2.75, 3.05) is 14.1 Å². The molecule has 0 radical (unpaired) electrons. The van der Waals surface area contributed by atoms with Gasteiger partial charge in [0, 0.05) is 5.56 Å². The molecule has 0 aromatic heterocycles. The molecule has 0 bridgehead atoms. The first-order chi connectivity index (χ1) is 12.6. The maximum absolute atomic E-state index is 12.7. The fourth-order valence-corrected chi connectivity index (χ4v) is 3.11. The van der Waals surface area contributed by atoms with Crippen molar-refractivity contribution in [2.24, 2.45) is 0 Å². The number of rotatable bonds is 6. The minimum Gasteiger partial charge on any atom is -1.00 e. The van der Waals surface area contributed by atoms with Gasteiger partial charge in [-0.3, -0.25) is 4.48 Å². The lowest BCUT2D eigenvalue weighted by atomic mass is 10.1. The Kier molecular flexibility index (Phi) is 7.17. The molecule has 0 saturated heterocycles. The largest absolute Gasteiger partial charge is 1.00 e. The van der Waals surface area contributed by atoms with E-state index < -0.39 is 6.23 Å². The van der Waals surface area contributed by atoms with Crippen LogP contribution in [-0.4, -0.2) is 24.5 Å². The molecule has 0 aliphatic heterocycles. The van der Waals surface area contributed by atoms with Crippen LogP contribution in [0.4, 0.5) is 0 Å². The van der Waals surface area contributed by atoms with Crippen LogP contribution < -0.4 is 12.4 Å². The molecule has 3 nitrogen and oxygen atoms in total. The van der Waals surface area contributed by atoms with E-state index in [0.717, 1.165) is 12.1 Å². The van der Waals surface area contributed by atoms with Crippen LogP contribution in [0.25, 0.3) is 0 Å². The Morgan fingerprint density at radius 3 is 1.85 bits per heavy atom. The summed E-state index contributed by atoms with van der Waals surface area (Å²) in [6.07, 6.45) is -0.399. The fourth-order valence-electron chi connectivity index (χ4n) is 3.11. The molecule has 0 aliphatic carbocycles. The number of halogens is 1. The molecule has 3 aromatic carbocycles. The first-order valence-corrected chi connectivity index (χ1v) is 8.74. The number of carbonyl (C=O) groups excluding carboxylic acids is 1. The van der Waals surface area contributed by atoms with Gasteiger partial charge in [-0.2, -0.15) is 0 Å². The third-order valence-corrected chi connectivity index (χ3v) is 4.38. The number of esters is 1. The molecule has 1 unspecified atom stereocenters. The van der Waals surface area contributed by atoms with E-state index in [9.17, 15) is 4.79 Å². The van der Waals surface area contributed by atoms with Crippen molar-refractivity contribution in [3.63, 3.8) is 0 Å². The predicted octanol–water partition coefficient (Wildman–Crippen LogP) is 1.82. The SMILES string of the molecule is C[N+](C)(Cc1ccccc1)C(OC(=O)c1ccccc1)c1ccccc1.[Cl-]. The average Bonchev–Trinajstić information content (AvgIpc) is 2.67. The molecule has 0 aliphatic rings. The summed E-state index contributed by atoms with van der Waals surface area (Å²) in [6.45, 7) is 0.752. The third kappa shape index (κ3) is 5.43. The minimum atomic E-state index is -0.399. The van der Waals surface area contributed by atoms with Crippen LogP contribution >= 0.6 is 0 Å². The van der Waals surface area contributed by atoms with E-state index in [0.29, 0.717) is 10.0 Å². The van der Waals surface area contributed by atoms with Crippen molar-refractivity contribution < 1.29 is 26.4 Å². The summed E-state index contributed by atoms with van der Waals surface area (Å²) in [6, 6.07) is 29.3. The van der Waals surface area contributed by atoms with Crippen molar-refractivity contribution in [3.05, 3.63) is 108 Å². The van der Waals surface area contributed by atoms with Gasteiger partial charge in [0.2, 0.25) is 0 Å². The van der Waals surface area contributed by atoms with Crippen LogP contribution in [-0.2, 0) is 11.3 Å². The Bertz CT molecular complexity index is 836. The standard InChI is InChI=1S/C23H24NO2.ClH/c1-24(2,18-19-12-6-3-7-13-19)22(20-14-8-4-9-15-20)26-23(25)21-16-10-5-11-17-21;/h3-17,22H,18H2,1-2H3;1H/q+1;/p-1. The molecule has 0 heterocycles. The molecule has 0 amide bonds. The van der Waals surface area contributed by atoms with E-state index in [1.54, 1.807) is 12.1 Å². The zero-order valence-electron chi connectivity index (χ0n) is 15.6. The highest BCUT2D eigenvalue weighted by molar-refractivity contribution is 5.89. The van der Waals surface area contributed by atoms with Gasteiger partial charge in [0.1, 0.15) is 6.54 Å². The lowest BCUT2D eigenvalue weighted by molar-refractivity contribution is -0.954. The quantitative estimate of drug-likeness (QED) is 0.370. The summed E-state index contributed by atoms with van der Waals surface area (Å²) in [4.78, 5) is 12.7. The van der Waals surface area contributed by atoms with Gasteiger partial charge in [-0.15, -0.1) is 0 Å². The molecule has 3 aromatic rings. The highest BCUT2D eigenvalue weighted by atomic mass is 35.5. The minimum absolute atomic E-state index is 0. The molecular formula is C23H24ClNO2. The number of quaternary nitrogens is 1. The highest BCUT2D eigenvalue weighted by Crippen LogP contribution is 2.29. The maximum Gasteiger partial charge on any atom is 0.342 e. The number of nitrogens with zero attached hydrogens (tertiary/aromatic N) is 1. The van der Waals surface area contributed by atoms with Crippen LogP contribution in [0.2, 0.25) is 0 Å². The summed E-state index contributed by atoms with van der Waals surface area (Å²) in [7, 11) is 4.17. The van der Waals surface area contributed by atoms with Crippen LogP contribution in [0.15, 0.2) is 91.0 Å². The zero-order valence-corrected chi connectivity index (χ0v) is 16.3. The molecule has 27 heavy (non-hydrogen) atoms. The topological polar surface area (TPSA) is 26.3 Å². The Morgan fingerprint density at radius 2 is 1.30 bits per heavy atom. The van der Waals surface area contributed by atoms with Crippen molar-refractivity contribution in [3.8, 4) is 0 Å². The van der Waals surface area contributed by atoms with Crippen molar-refractivity contribution in [1.82, 2.24) is 0 Å². The van der Waals surface area contributed by atoms with Gasteiger partial charge in [0.15, 0.2) is 0 Å². The molecule has 0 spiro atoms. The number of hydrogen-bond acceptors (Lipinski definition) is 2. The monoisotopic (exact) mass is 381 g/mol. The van der Waals surface area contributed by atoms with Crippen LogP contribution in [0.3, 0.4) is 0 Å². The van der Waals surface area contributed by atoms with E-state index in [4.69, 9.17) is 4.74 Å². The lowest BCUT2D eigenvalue weighted by Gasteiger charge is -2.37. The van der Waals surface area contributed by atoms with Crippen molar-refractivity contribution >= 4 is 5.97 Å². The molecule has 140 valence electrons. The molecule has 0 saturated carbocycles. The van der Waals surface area contributed by atoms with Gasteiger partial charge in [-0.25, -0.2) is 4.79 Å². The first-order valence-electron chi connectivity index (χ1n) is 8.74. The predicted molar refractivity (Wildman–Crippen MR) is 103 cm³/mol. The molecule has 0 N–H and O–H groups in total. The second-order valence-electron chi connectivity index (χ2n) is 6.96. The summed E-state index contributed by atoms with van der Waals surface area (Å²) < 4.78 is 6.50. The Balaban J connectivity index is 0.00000261. The van der Waals surface area contributed by atoms with Crippen LogP contribution in [0.5, 0.6) is 0 Å². The summed E-state index contributed by atoms with van der Waals surface area (Å²) >= 11 is 0. The van der Waals surface area contributed by atoms with Crippen LogP contribution in [0, 0.1) is 0 Å². The van der Waals surface area contributed by atoms with Crippen molar-refractivity contribution in [2.45, 2.75) is 12.8 Å². The Morgan fingerprint density at radius 1 is 0.815 bits per heavy atom. The molecular weight excluding hydrogens is 358 g/mol. The van der Waals surface area contributed by atoms with Crippen molar-refractivity contribution in [1.29, 1.82) is 0 Å². The molecule has 4 heteroatoms. The van der Waals surface area contributed by atoms with Crippen LogP contribution in [0.1, 0.15) is 27.7 Å². The molecule has 1 atom stereocenters. The highest BCUT2D eigenvalue weighted by Gasteiger charge is 2.34. The van der Waals surface area contributed by atoms with Gasteiger partial charge in [-0.1, -0.05) is 66.7 Å². The van der Waals surface area contributed by atoms with Gasteiger partial charge in [0.05, 0.1) is 25.2 Å². The number of hydrogen-bond donors (Lipinski definition) is 0. The first kappa shape index (κ1) is 20.7. The third-order valence-electron chi connectivity index (χ3n) is 4.38. The zero-order chi connectivity index (χ0) is 18.4. The summed E-state index contributed by atoms with van der Waals surface area (Å²) in [5, 5.41) is 0. The summed E-state index contributed by atoms with van der Waals surface area (Å²) in [5.74, 6) is -0.307. The van der Waals surface area contributed by atoms with E-state index in [1.165, 1.54) is 5.56 Å². The van der Waals surface area contributed by atoms with E-state index >= 15 is 0 Å². The number of carbonyl (C=O) groups is 1. The Hall–Kier alpha value is -2.62. The van der Waals surface area contributed by atoms with E-state index in [2.05, 4.69) is 26.2 Å².